The number of rotatable bonds is 3. The average molecular weight is 340 g/mol. The van der Waals surface area contributed by atoms with E-state index in [9.17, 15) is 22.0 Å². The number of halogens is 5. The van der Waals surface area contributed by atoms with Crippen molar-refractivity contribution < 1.29 is 26.5 Å². The van der Waals surface area contributed by atoms with Crippen LogP contribution in [-0.2, 0) is 6.18 Å². The lowest BCUT2D eigenvalue weighted by Gasteiger charge is -2.08. The van der Waals surface area contributed by atoms with E-state index in [1.165, 1.54) is 24.3 Å². The first-order chi connectivity index (χ1) is 11.3. The molecular formula is C15H7F5N3O. The molecule has 3 aromatic rings. The Hall–Kier alpha value is -2.97. The molecule has 0 aliphatic heterocycles. The summed E-state index contributed by atoms with van der Waals surface area (Å²) < 4.78 is 68.1. The van der Waals surface area contributed by atoms with Gasteiger partial charge in [-0.25, -0.2) is 8.78 Å². The van der Waals surface area contributed by atoms with Gasteiger partial charge in [0.2, 0.25) is 5.82 Å². The Morgan fingerprint density at radius 1 is 1.08 bits per heavy atom. The summed E-state index contributed by atoms with van der Waals surface area (Å²) in [5.41, 5.74) is 0.420. The van der Waals surface area contributed by atoms with E-state index in [1.54, 1.807) is 0 Å². The number of benzene rings is 2. The predicted octanol–water partition coefficient (Wildman–Crippen LogP) is 4.58. The maximum Gasteiger partial charge on any atom is 0.471 e. The number of alkyl halides is 3. The number of hydrogen-bond donors (Lipinski definition) is 1. The van der Waals surface area contributed by atoms with E-state index in [-0.39, 0.29) is 22.8 Å². The molecule has 0 atom stereocenters. The zero-order valence-corrected chi connectivity index (χ0v) is 11.7. The highest BCUT2D eigenvalue weighted by Gasteiger charge is 2.38. The first-order valence-electron chi connectivity index (χ1n) is 6.48. The van der Waals surface area contributed by atoms with E-state index < -0.39 is 23.7 Å². The molecule has 9 heteroatoms. The lowest BCUT2D eigenvalue weighted by atomic mass is 10.2. The van der Waals surface area contributed by atoms with E-state index in [2.05, 4.69) is 26.0 Å². The smallest absolute Gasteiger partial charge is 0.353 e. The molecule has 0 aliphatic carbocycles. The number of anilines is 2. The van der Waals surface area contributed by atoms with Crippen molar-refractivity contribution in [1.82, 2.24) is 10.1 Å². The van der Waals surface area contributed by atoms with Gasteiger partial charge in [-0.2, -0.15) is 18.2 Å². The topological polar surface area (TPSA) is 51.0 Å². The van der Waals surface area contributed by atoms with E-state index in [0.717, 1.165) is 6.07 Å². The van der Waals surface area contributed by atoms with Crippen LogP contribution >= 0.6 is 0 Å². The summed E-state index contributed by atoms with van der Waals surface area (Å²) in [5.74, 6) is -3.31. The number of aromatic nitrogens is 2. The van der Waals surface area contributed by atoms with Crippen LogP contribution in [0.1, 0.15) is 5.89 Å². The molecule has 1 heterocycles. The van der Waals surface area contributed by atoms with Crippen LogP contribution in [0.4, 0.5) is 33.3 Å². The fourth-order valence-corrected chi connectivity index (χ4v) is 1.87. The molecule has 1 radical (unpaired) electrons. The van der Waals surface area contributed by atoms with Crippen molar-refractivity contribution >= 4 is 11.4 Å². The van der Waals surface area contributed by atoms with E-state index in [0.29, 0.717) is 6.07 Å². The monoisotopic (exact) mass is 340 g/mol. The molecule has 0 fully saturated rings. The molecule has 4 nitrogen and oxygen atoms in total. The second-order valence-electron chi connectivity index (χ2n) is 4.66. The standard InChI is InChI=1S/C15H7F5N3O/c16-9-4-5-12(11(17)7-9)21-10-3-1-2-8(6-10)13-22-14(24-23-13)15(18,19)20/h1-2,4-7,21H. The van der Waals surface area contributed by atoms with Crippen molar-refractivity contribution in [3.05, 3.63) is 60.0 Å². The van der Waals surface area contributed by atoms with Gasteiger partial charge in [0.25, 0.3) is 0 Å². The van der Waals surface area contributed by atoms with Crippen molar-refractivity contribution in [2.45, 2.75) is 6.18 Å². The molecule has 123 valence electrons. The minimum Gasteiger partial charge on any atom is -0.353 e. The maximum absolute atomic E-state index is 13.6. The van der Waals surface area contributed by atoms with Crippen LogP contribution < -0.4 is 5.32 Å². The third kappa shape index (κ3) is 3.34. The van der Waals surface area contributed by atoms with Crippen molar-refractivity contribution in [2.24, 2.45) is 0 Å². The third-order valence-electron chi connectivity index (χ3n) is 2.93. The molecule has 0 saturated heterocycles. The zero-order chi connectivity index (χ0) is 17.3. The Morgan fingerprint density at radius 3 is 2.54 bits per heavy atom. The molecule has 0 unspecified atom stereocenters. The Balaban J connectivity index is 1.88. The Morgan fingerprint density at radius 2 is 1.88 bits per heavy atom. The van der Waals surface area contributed by atoms with Crippen LogP contribution in [0.2, 0.25) is 0 Å². The summed E-state index contributed by atoms with van der Waals surface area (Å²) in [7, 11) is 0. The molecule has 3 rings (SSSR count). The van der Waals surface area contributed by atoms with Crippen LogP contribution in [0.3, 0.4) is 0 Å². The lowest BCUT2D eigenvalue weighted by Crippen LogP contribution is -2.04. The zero-order valence-electron chi connectivity index (χ0n) is 11.7. The third-order valence-corrected chi connectivity index (χ3v) is 2.93. The van der Waals surface area contributed by atoms with Gasteiger partial charge in [-0.15, -0.1) is 0 Å². The van der Waals surface area contributed by atoms with Gasteiger partial charge in [0, 0.05) is 23.4 Å². The van der Waals surface area contributed by atoms with Gasteiger partial charge < -0.3 is 9.84 Å². The number of hydrogen-bond acceptors (Lipinski definition) is 4. The molecule has 0 spiro atoms. The fraction of sp³-hybridized carbons (Fsp3) is 0.0667. The second kappa shape index (κ2) is 5.91. The summed E-state index contributed by atoms with van der Waals surface area (Å²) in [6, 6.07) is 9.82. The summed E-state index contributed by atoms with van der Waals surface area (Å²) in [6.07, 6.45) is -4.75. The summed E-state index contributed by atoms with van der Waals surface area (Å²) in [6.45, 7) is 0. The Labute approximate surface area is 131 Å². The summed E-state index contributed by atoms with van der Waals surface area (Å²) >= 11 is 0. The van der Waals surface area contributed by atoms with Gasteiger partial charge in [0.1, 0.15) is 11.6 Å². The van der Waals surface area contributed by atoms with Gasteiger partial charge >= 0.3 is 12.1 Å². The van der Waals surface area contributed by atoms with Crippen LogP contribution in [-0.4, -0.2) is 10.1 Å². The number of nitrogens with zero attached hydrogens (tertiary/aromatic N) is 2. The fourth-order valence-electron chi connectivity index (χ4n) is 1.87. The Bertz CT molecular complexity index is 876. The molecule has 1 N–H and O–H groups in total. The highest BCUT2D eigenvalue weighted by Crippen LogP contribution is 2.30. The van der Waals surface area contributed by atoms with Crippen molar-refractivity contribution in [2.75, 3.05) is 5.32 Å². The molecular weight excluding hydrogens is 333 g/mol. The van der Waals surface area contributed by atoms with E-state index in [1.807, 2.05) is 0 Å². The first-order valence-corrected chi connectivity index (χ1v) is 6.48. The van der Waals surface area contributed by atoms with Crippen LogP contribution in [0.5, 0.6) is 0 Å². The molecule has 0 saturated carbocycles. The molecule has 24 heavy (non-hydrogen) atoms. The lowest BCUT2D eigenvalue weighted by molar-refractivity contribution is -0.159. The highest BCUT2D eigenvalue weighted by atomic mass is 19.4. The predicted molar refractivity (Wildman–Crippen MR) is 73.2 cm³/mol. The Kier molecular flexibility index (Phi) is 3.92. The number of nitrogens with one attached hydrogen (secondary N) is 1. The first kappa shape index (κ1) is 15.9. The van der Waals surface area contributed by atoms with Gasteiger partial charge in [-0.1, -0.05) is 17.3 Å². The van der Waals surface area contributed by atoms with E-state index >= 15 is 0 Å². The molecule has 0 amide bonds. The van der Waals surface area contributed by atoms with Crippen molar-refractivity contribution in [3.8, 4) is 11.4 Å². The van der Waals surface area contributed by atoms with Gasteiger partial charge in [0.15, 0.2) is 0 Å². The van der Waals surface area contributed by atoms with E-state index in [4.69, 9.17) is 0 Å². The summed E-state index contributed by atoms with van der Waals surface area (Å²) in [4.78, 5) is 3.26. The van der Waals surface area contributed by atoms with Crippen LogP contribution in [0.15, 0.2) is 40.9 Å². The highest BCUT2D eigenvalue weighted by molar-refractivity contribution is 5.66. The SMILES string of the molecule is Fc1ccc(Nc2[c]ccc(-c3noc(C(F)(F)F)n3)c2)c(F)c1. The van der Waals surface area contributed by atoms with Crippen molar-refractivity contribution in [3.63, 3.8) is 0 Å². The van der Waals surface area contributed by atoms with Crippen molar-refractivity contribution in [1.29, 1.82) is 0 Å². The molecule has 0 aliphatic rings. The van der Waals surface area contributed by atoms with Gasteiger partial charge in [-0.05, 0) is 18.2 Å². The second-order valence-corrected chi connectivity index (χ2v) is 4.66. The largest absolute Gasteiger partial charge is 0.471 e. The average Bonchev–Trinajstić information content (AvgIpc) is 3.01. The van der Waals surface area contributed by atoms with Crippen LogP contribution in [0, 0.1) is 17.7 Å². The van der Waals surface area contributed by atoms with Gasteiger partial charge in [-0.3, -0.25) is 0 Å². The van der Waals surface area contributed by atoms with Gasteiger partial charge in [0.05, 0.1) is 5.69 Å². The summed E-state index contributed by atoms with van der Waals surface area (Å²) in [5, 5.41) is 5.90. The minimum atomic E-state index is -4.75. The molecule has 1 aromatic heterocycles. The molecule has 2 aromatic carbocycles. The quantitative estimate of drug-likeness (QED) is 0.709. The minimum absolute atomic E-state index is 0.0195. The van der Waals surface area contributed by atoms with Crippen LogP contribution in [0.25, 0.3) is 11.4 Å². The maximum atomic E-state index is 13.6. The molecule has 0 bridgehead atoms. The normalized spacial score (nSPS) is 11.5.